The number of sulfone groups is 1. The molecule has 112 valence electrons. The van der Waals surface area contributed by atoms with E-state index in [0.29, 0.717) is 18.8 Å². The van der Waals surface area contributed by atoms with E-state index in [-0.39, 0.29) is 5.75 Å². The predicted molar refractivity (Wildman–Crippen MR) is 80.4 cm³/mol. The van der Waals surface area contributed by atoms with Crippen molar-refractivity contribution in [3.63, 3.8) is 0 Å². The van der Waals surface area contributed by atoms with Crippen LogP contribution < -0.4 is 0 Å². The number of aromatic nitrogens is 3. The molecule has 0 saturated carbocycles. The lowest BCUT2D eigenvalue weighted by Gasteiger charge is -2.25. The molecule has 1 aliphatic rings. The number of aryl methyl sites for hydroxylation is 2. The lowest BCUT2D eigenvalue weighted by Crippen LogP contribution is -2.22. The fourth-order valence-corrected chi connectivity index (χ4v) is 4.95. The van der Waals surface area contributed by atoms with Gasteiger partial charge in [0.25, 0.3) is 0 Å². The summed E-state index contributed by atoms with van der Waals surface area (Å²) in [5, 5.41) is 3.64. The van der Waals surface area contributed by atoms with E-state index in [4.69, 9.17) is 0 Å². The molecular weight excluding hydrogens is 286 g/mol. The Hall–Kier alpha value is -1.69. The minimum atomic E-state index is -3.28. The Kier molecular flexibility index (Phi) is 3.80. The summed E-state index contributed by atoms with van der Waals surface area (Å²) in [4.78, 5) is 4.10. The molecule has 1 aromatic carbocycles. The molecule has 0 aliphatic heterocycles. The number of hydrogen-bond donors (Lipinski definition) is 0. The number of benzene rings is 1. The number of fused-ring (bicyclic) bond motifs is 1. The lowest BCUT2D eigenvalue weighted by molar-refractivity contribution is 0.553. The molecule has 3 rings (SSSR count). The van der Waals surface area contributed by atoms with Gasteiger partial charge < -0.3 is 0 Å². The van der Waals surface area contributed by atoms with E-state index in [9.17, 15) is 8.42 Å². The van der Waals surface area contributed by atoms with Crippen molar-refractivity contribution in [1.82, 2.24) is 14.8 Å². The van der Waals surface area contributed by atoms with Crippen molar-refractivity contribution in [2.45, 2.75) is 43.7 Å². The van der Waals surface area contributed by atoms with Crippen LogP contribution in [0.3, 0.4) is 0 Å². The zero-order valence-electron chi connectivity index (χ0n) is 12.1. The summed E-state index contributed by atoms with van der Waals surface area (Å²) >= 11 is 0. The highest BCUT2D eigenvalue weighted by Gasteiger charge is 2.32. The fourth-order valence-electron chi connectivity index (χ4n) is 3.03. The Bertz CT molecular complexity index is 737. The van der Waals surface area contributed by atoms with Gasteiger partial charge in [-0.25, -0.2) is 18.1 Å². The van der Waals surface area contributed by atoms with Crippen molar-refractivity contribution in [2.75, 3.05) is 0 Å². The van der Waals surface area contributed by atoms with Crippen molar-refractivity contribution in [3.05, 3.63) is 47.5 Å². The molecule has 2 aromatic rings. The van der Waals surface area contributed by atoms with Crippen LogP contribution in [0.25, 0.3) is 0 Å². The highest BCUT2D eigenvalue weighted by Crippen LogP contribution is 2.36. The Morgan fingerprint density at radius 2 is 2.14 bits per heavy atom. The molecule has 0 amide bonds. The van der Waals surface area contributed by atoms with Crippen LogP contribution in [0.15, 0.2) is 30.6 Å². The van der Waals surface area contributed by atoms with Crippen molar-refractivity contribution in [1.29, 1.82) is 0 Å². The van der Waals surface area contributed by atoms with Crippen LogP contribution in [0, 0.1) is 0 Å². The zero-order valence-corrected chi connectivity index (χ0v) is 12.9. The molecular formula is C15H19N3O2S. The van der Waals surface area contributed by atoms with Gasteiger partial charge in [0.15, 0.2) is 9.84 Å². The summed E-state index contributed by atoms with van der Waals surface area (Å²) in [6.45, 7) is 2.56. The molecule has 21 heavy (non-hydrogen) atoms. The summed E-state index contributed by atoms with van der Waals surface area (Å²) in [6, 6.07) is 7.87. The summed E-state index contributed by atoms with van der Waals surface area (Å²) in [6.07, 6.45) is 4.00. The van der Waals surface area contributed by atoms with Crippen molar-refractivity contribution in [2.24, 2.45) is 0 Å². The SMILES string of the molecule is CCn1ncnc1CS(=O)(=O)C1CCCc2ccccc21. The van der Waals surface area contributed by atoms with Crippen molar-refractivity contribution >= 4 is 9.84 Å². The Labute approximate surface area is 124 Å². The van der Waals surface area contributed by atoms with E-state index in [1.807, 2.05) is 31.2 Å². The van der Waals surface area contributed by atoms with Crippen LogP contribution in [0.1, 0.15) is 42.0 Å². The maximum Gasteiger partial charge on any atom is 0.164 e. The van der Waals surface area contributed by atoms with Crippen LogP contribution >= 0.6 is 0 Å². The Balaban J connectivity index is 1.93. The quantitative estimate of drug-likeness (QED) is 0.869. The largest absolute Gasteiger partial charge is 0.249 e. The van der Waals surface area contributed by atoms with Gasteiger partial charge in [0.2, 0.25) is 0 Å². The Morgan fingerprint density at radius 1 is 1.33 bits per heavy atom. The highest BCUT2D eigenvalue weighted by atomic mass is 32.2. The summed E-state index contributed by atoms with van der Waals surface area (Å²) in [5.41, 5.74) is 2.13. The molecule has 1 atom stereocenters. The minimum absolute atomic E-state index is 0.0418. The van der Waals surface area contributed by atoms with Gasteiger partial charge in [0, 0.05) is 6.54 Å². The molecule has 0 bridgehead atoms. The molecule has 5 nitrogen and oxygen atoms in total. The van der Waals surface area contributed by atoms with E-state index in [1.54, 1.807) is 4.68 Å². The summed E-state index contributed by atoms with van der Waals surface area (Å²) in [5.74, 6) is 0.486. The lowest BCUT2D eigenvalue weighted by atomic mass is 9.91. The highest BCUT2D eigenvalue weighted by molar-refractivity contribution is 7.90. The van der Waals surface area contributed by atoms with Crippen LogP contribution in [-0.2, 0) is 28.6 Å². The molecule has 6 heteroatoms. The van der Waals surface area contributed by atoms with E-state index >= 15 is 0 Å². The summed E-state index contributed by atoms with van der Waals surface area (Å²) in [7, 11) is -3.28. The van der Waals surface area contributed by atoms with Gasteiger partial charge in [-0.3, -0.25) is 0 Å². The first kappa shape index (κ1) is 14.3. The molecule has 0 radical (unpaired) electrons. The third-order valence-corrected chi connectivity index (χ3v) is 6.09. The first-order valence-corrected chi connectivity index (χ1v) is 8.99. The molecule has 0 saturated heterocycles. The average molecular weight is 305 g/mol. The Morgan fingerprint density at radius 3 is 2.95 bits per heavy atom. The minimum Gasteiger partial charge on any atom is -0.249 e. The van der Waals surface area contributed by atoms with Crippen LogP contribution in [0.2, 0.25) is 0 Å². The number of rotatable bonds is 4. The molecule has 1 aliphatic carbocycles. The fraction of sp³-hybridized carbons (Fsp3) is 0.467. The van der Waals surface area contributed by atoms with Gasteiger partial charge in [0.1, 0.15) is 17.9 Å². The van der Waals surface area contributed by atoms with Gasteiger partial charge >= 0.3 is 0 Å². The normalized spacial score (nSPS) is 18.4. The second-order valence-electron chi connectivity index (χ2n) is 5.38. The molecule has 0 N–H and O–H groups in total. The van der Waals surface area contributed by atoms with E-state index in [2.05, 4.69) is 10.1 Å². The molecule has 0 spiro atoms. The summed E-state index contributed by atoms with van der Waals surface area (Å²) < 4.78 is 27.3. The predicted octanol–water partition coefficient (Wildman–Crippen LogP) is 2.29. The average Bonchev–Trinajstić information content (AvgIpc) is 2.93. The van der Waals surface area contributed by atoms with E-state index in [0.717, 1.165) is 24.0 Å². The molecule has 1 unspecified atom stereocenters. The maximum absolute atomic E-state index is 12.8. The third kappa shape index (κ3) is 2.72. The number of hydrogen-bond acceptors (Lipinski definition) is 4. The van der Waals surface area contributed by atoms with Gasteiger partial charge in [-0.05, 0) is 37.3 Å². The van der Waals surface area contributed by atoms with Crippen molar-refractivity contribution < 1.29 is 8.42 Å². The van der Waals surface area contributed by atoms with E-state index in [1.165, 1.54) is 6.33 Å². The standard InChI is InChI=1S/C15H19N3O2S/c1-2-18-15(16-11-17-18)10-21(19,20)14-9-5-7-12-6-3-4-8-13(12)14/h3-4,6,8,11,14H,2,5,7,9-10H2,1H3. The molecule has 0 fully saturated rings. The number of nitrogens with zero attached hydrogens (tertiary/aromatic N) is 3. The molecule has 1 heterocycles. The zero-order chi connectivity index (χ0) is 14.9. The molecule has 1 aromatic heterocycles. The van der Waals surface area contributed by atoms with E-state index < -0.39 is 15.1 Å². The van der Waals surface area contributed by atoms with Crippen LogP contribution in [0.4, 0.5) is 0 Å². The van der Waals surface area contributed by atoms with Gasteiger partial charge in [-0.15, -0.1) is 0 Å². The first-order valence-electron chi connectivity index (χ1n) is 7.28. The third-order valence-electron chi connectivity index (χ3n) is 4.07. The van der Waals surface area contributed by atoms with Gasteiger partial charge in [-0.2, -0.15) is 5.10 Å². The smallest absolute Gasteiger partial charge is 0.164 e. The van der Waals surface area contributed by atoms with Crippen molar-refractivity contribution in [3.8, 4) is 0 Å². The van der Waals surface area contributed by atoms with Crippen LogP contribution in [-0.4, -0.2) is 23.2 Å². The maximum atomic E-state index is 12.8. The van der Waals surface area contributed by atoms with Gasteiger partial charge in [-0.1, -0.05) is 24.3 Å². The van der Waals surface area contributed by atoms with Crippen LogP contribution in [0.5, 0.6) is 0 Å². The van der Waals surface area contributed by atoms with Gasteiger partial charge in [0.05, 0.1) is 5.25 Å². The topological polar surface area (TPSA) is 64.8 Å². The second-order valence-corrected chi connectivity index (χ2v) is 7.56. The second kappa shape index (κ2) is 5.60. The monoisotopic (exact) mass is 305 g/mol. The first-order chi connectivity index (χ1) is 10.1.